The first-order chi connectivity index (χ1) is 8.52. The molecule has 6 nitrogen and oxygen atoms in total. The van der Waals surface area contributed by atoms with Gasteiger partial charge in [-0.15, -0.1) is 0 Å². The molecular formula is C12H22N2O4. The fourth-order valence-electron chi connectivity index (χ4n) is 2.01. The fourth-order valence-corrected chi connectivity index (χ4v) is 2.01. The molecule has 0 aliphatic carbocycles. The Morgan fingerprint density at radius 1 is 1.44 bits per heavy atom. The zero-order valence-electron chi connectivity index (χ0n) is 11.0. The number of carbonyl (C=O) groups is 2. The van der Waals surface area contributed by atoms with Crippen molar-refractivity contribution < 1.29 is 19.4 Å². The zero-order chi connectivity index (χ0) is 13.5. The van der Waals surface area contributed by atoms with E-state index in [9.17, 15) is 9.59 Å². The molecule has 0 aromatic rings. The highest BCUT2D eigenvalue weighted by Crippen LogP contribution is 2.13. The van der Waals surface area contributed by atoms with Gasteiger partial charge in [0.15, 0.2) is 0 Å². The third kappa shape index (κ3) is 4.91. The second kappa shape index (κ2) is 7.20. The van der Waals surface area contributed by atoms with Crippen LogP contribution < -0.4 is 5.32 Å². The maximum Gasteiger partial charge on any atom is 0.317 e. The summed E-state index contributed by atoms with van der Waals surface area (Å²) in [5.74, 6) is -0.836. The van der Waals surface area contributed by atoms with Crippen LogP contribution in [0, 0.1) is 0 Å². The molecule has 18 heavy (non-hydrogen) atoms. The number of carboxylic acid groups (broad SMARTS) is 1. The van der Waals surface area contributed by atoms with Gasteiger partial charge in [-0.2, -0.15) is 0 Å². The molecule has 1 atom stereocenters. The van der Waals surface area contributed by atoms with Crippen LogP contribution >= 0.6 is 0 Å². The molecule has 1 aliphatic heterocycles. The summed E-state index contributed by atoms with van der Waals surface area (Å²) in [6, 6.07) is -0.226. The van der Waals surface area contributed by atoms with E-state index in [0.29, 0.717) is 19.5 Å². The van der Waals surface area contributed by atoms with Crippen LogP contribution in [-0.4, -0.2) is 54.4 Å². The number of urea groups is 1. The first kappa shape index (κ1) is 14.8. The van der Waals surface area contributed by atoms with E-state index in [0.717, 1.165) is 12.8 Å². The molecule has 1 heterocycles. The number of likely N-dealkylation sites (tertiary alicyclic amines) is 1. The van der Waals surface area contributed by atoms with Crippen LogP contribution in [-0.2, 0) is 9.53 Å². The quantitative estimate of drug-likeness (QED) is 0.773. The van der Waals surface area contributed by atoms with E-state index in [1.165, 1.54) is 0 Å². The van der Waals surface area contributed by atoms with Crippen LogP contribution in [0.3, 0.4) is 0 Å². The number of hydrogen-bond donors (Lipinski definition) is 2. The van der Waals surface area contributed by atoms with Gasteiger partial charge >= 0.3 is 12.0 Å². The second-order valence-corrected chi connectivity index (χ2v) is 4.71. The van der Waals surface area contributed by atoms with Gasteiger partial charge in [0.2, 0.25) is 0 Å². The lowest BCUT2D eigenvalue weighted by Crippen LogP contribution is -2.48. The molecule has 0 bridgehead atoms. The number of methoxy groups -OCH3 is 1. The monoisotopic (exact) mass is 258 g/mol. The molecular weight excluding hydrogens is 236 g/mol. The van der Waals surface area contributed by atoms with Crippen molar-refractivity contribution in [2.45, 2.75) is 44.8 Å². The summed E-state index contributed by atoms with van der Waals surface area (Å²) in [5, 5.41) is 11.4. The van der Waals surface area contributed by atoms with Gasteiger partial charge in [-0.05, 0) is 26.2 Å². The summed E-state index contributed by atoms with van der Waals surface area (Å²) in [6.07, 6.45) is 2.49. The standard InChI is InChI=1S/C12H22N2O4/c1-9(3-4-11(15)16)13-12(17)14-7-5-10(18-2)6-8-14/h9-10H,3-8H2,1-2H3,(H,13,17)(H,15,16). The molecule has 0 radical (unpaired) electrons. The molecule has 2 amide bonds. The number of hydrogen-bond acceptors (Lipinski definition) is 3. The molecule has 1 fully saturated rings. The van der Waals surface area contributed by atoms with Crippen LogP contribution in [0.4, 0.5) is 4.79 Å². The van der Waals surface area contributed by atoms with Gasteiger partial charge in [-0.25, -0.2) is 4.79 Å². The van der Waals surface area contributed by atoms with Crippen LogP contribution in [0.25, 0.3) is 0 Å². The Morgan fingerprint density at radius 2 is 2.06 bits per heavy atom. The fraction of sp³-hybridized carbons (Fsp3) is 0.833. The molecule has 2 N–H and O–H groups in total. The maximum absolute atomic E-state index is 11.9. The van der Waals surface area contributed by atoms with Crippen LogP contribution in [0.2, 0.25) is 0 Å². The Kier molecular flexibility index (Phi) is 5.91. The second-order valence-electron chi connectivity index (χ2n) is 4.71. The highest BCUT2D eigenvalue weighted by atomic mass is 16.5. The van der Waals surface area contributed by atoms with E-state index in [1.807, 2.05) is 6.92 Å². The number of carbonyl (C=O) groups excluding carboxylic acids is 1. The Hall–Kier alpha value is -1.30. The molecule has 1 rings (SSSR count). The summed E-state index contributed by atoms with van der Waals surface area (Å²) >= 11 is 0. The summed E-state index contributed by atoms with van der Waals surface area (Å²) in [7, 11) is 1.69. The van der Waals surface area contributed by atoms with Crippen LogP contribution in [0.1, 0.15) is 32.6 Å². The predicted molar refractivity (Wildman–Crippen MR) is 66.5 cm³/mol. The molecule has 0 aromatic heterocycles. The summed E-state index contributed by atoms with van der Waals surface area (Å²) in [5.41, 5.74) is 0. The van der Waals surface area contributed by atoms with Crippen molar-refractivity contribution in [1.29, 1.82) is 0 Å². The van der Waals surface area contributed by atoms with Gasteiger partial charge in [0.05, 0.1) is 6.10 Å². The Labute approximate surface area is 107 Å². The molecule has 0 saturated carbocycles. The van der Waals surface area contributed by atoms with Crippen molar-refractivity contribution >= 4 is 12.0 Å². The number of carboxylic acids is 1. The van der Waals surface area contributed by atoms with E-state index in [1.54, 1.807) is 12.0 Å². The lowest BCUT2D eigenvalue weighted by atomic mass is 10.1. The number of ether oxygens (including phenoxy) is 1. The minimum atomic E-state index is -0.836. The topological polar surface area (TPSA) is 78.9 Å². The smallest absolute Gasteiger partial charge is 0.317 e. The highest BCUT2D eigenvalue weighted by Gasteiger charge is 2.23. The third-order valence-corrected chi connectivity index (χ3v) is 3.22. The van der Waals surface area contributed by atoms with Crippen molar-refractivity contribution in [1.82, 2.24) is 10.2 Å². The summed E-state index contributed by atoms with van der Waals surface area (Å²) in [6.45, 7) is 3.20. The number of nitrogens with zero attached hydrogens (tertiary/aromatic N) is 1. The average molecular weight is 258 g/mol. The van der Waals surface area contributed by atoms with Crippen molar-refractivity contribution in [2.75, 3.05) is 20.2 Å². The van der Waals surface area contributed by atoms with Gasteiger partial charge in [-0.3, -0.25) is 4.79 Å². The van der Waals surface area contributed by atoms with E-state index in [-0.39, 0.29) is 24.6 Å². The maximum atomic E-state index is 11.9. The first-order valence-corrected chi connectivity index (χ1v) is 6.33. The van der Waals surface area contributed by atoms with Gasteiger partial charge in [-0.1, -0.05) is 0 Å². The number of aliphatic carboxylic acids is 1. The van der Waals surface area contributed by atoms with Crippen molar-refractivity contribution in [3.8, 4) is 0 Å². The summed E-state index contributed by atoms with van der Waals surface area (Å²) in [4.78, 5) is 24.1. The first-order valence-electron chi connectivity index (χ1n) is 6.33. The van der Waals surface area contributed by atoms with Crippen molar-refractivity contribution in [3.05, 3.63) is 0 Å². The SMILES string of the molecule is COC1CCN(C(=O)NC(C)CCC(=O)O)CC1. The number of nitrogens with one attached hydrogen (secondary N) is 1. The van der Waals surface area contributed by atoms with E-state index in [2.05, 4.69) is 5.32 Å². The number of piperidine rings is 1. The lowest BCUT2D eigenvalue weighted by Gasteiger charge is -2.32. The Bertz CT molecular complexity index is 288. The van der Waals surface area contributed by atoms with E-state index in [4.69, 9.17) is 9.84 Å². The normalized spacial score (nSPS) is 18.4. The lowest BCUT2D eigenvalue weighted by molar-refractivity contribution is -0.137. The summed E-state index contributed by atoms with van der Waals surface area (Å²) < 4.78 is 5.24. The van der Waals surface area contributed by atoms with Gasteiger partial charge in [0.1, 0.15) is 0 Å². The van der Waals surface area contributed by atoms with Gasteiger partial charge < -0.3 is 20.1 Å². The van der Waals surface area contributed by atoms with E-state index >= 15 is 0 Å². The molecule has 0 aromatic carbocycles. The highest BCUT2D eigenvalue weighted by molar-refractivity contribution is 5.74. The molecule has 1 saturated heterocycles. The Morgan fingerprint density at radius 3 is 2.56 bits per heavy atom. The minimum Gasteiger partial charge on any atom is -0.481 e. The van der Waals surface area contributed by atoms with Crippen LogP contribution in [0.15, 0.2) is 0 Å². The Balaban J connectivity index is 2.26. The largest absolute Gasteiger partial charge is 0.481 e. The van der Waals surface area contributed by atoms with Crippen molar-refractivity contribution in [3.63, 3.8) is 0 Å². The van der Waals surface area contributed by atoms with Crippen LogP contribution in [0.5, 0.6) is 0 Å². The number of rotatable bonds is 5. The molecule has 0 spiro atoms. The van der Waals surface area contributed by atoms with Gasteiger partial charge in [0, 0.05) is 32.7 Å². The van der Waals surface area contributed by atoms with Crippen molar-refractivity contribution in [2.24, 2.45) is 0 Å². The van der Waals surface area contributed by atoms with E-state index < -0.39 is 5.97 Å². The molecule has 1 aliphatic rings. The average Bonchev–Trinajstić information content (AvgIpc) is 2.36. The third-order valence-electron chi connectivity index (χ3n) is 3.22. The predicted octanol–water partition coefficient (Wildman–Crippen LogP) is 1.06. The zero-order valence-corrected chi connectivity index (χ0v) is 11.0. The minimum absolute atomic E-state index is 0.0766. The molecule has 104 valence electrons. The molecule has 1 unspecified atom stereocenters. The van der Waals surface area contributed by atoms with Gasteiger partial charge in [0.25, 0.3) is 0 Å². The number of amides is 2. The molecule has 6 heteroatoms.